The van der Waals surface area contributed by atoms with Gasteiger partial charge in [-0.2, -0.15) is 0 Å². The van der Waals surface area contributed by atoms with Crippen molar-refractivity contribution in [2.75, 3.05) is 13.1 Å². The number of piperidine rings is 1. The van der Waals surface area contributed by atoms with Crippen molar-refractivity contribution >= 4 is 45.8 Å². The number of rotatable bonds is 2. The summed E-state index contributed by atoms with van der Waals surface area (Å²) >= 11 is 8.94. The number of nitrogens with one attached hydrogen (secondary N) is 2. The molecule has 1 unspecified atom stereocenters. The summed E-state index contributed by atoms with van der Waals surface area (Å²) in [6.45, 7) is 1.69. The minimum atomic E-state index is -0.607. The summed E-state index contributed by atoms with van der Waals surface area (Å²) in [5, 5.41) is 6.26. The van der Waals surface area contributed by atoms with E-state index >= 15 is 0 Å². The average molecular weight is 372 g/mol. The molecule has 1 heterocycles. The Morgan fingerprint density at radius 3 is 2.89 bits per heavy atom. The molecule has 0 aliphatic carbocycles. The summed E-state index contributed by atoms with van der Waals surface area (Å²) in [4.78, 5) is 12.0. The van der Waals surface area contributed by atoms with Gasteiger partial charge in [0, 0.05) is 17.1 Å². The molecule has 1 aromatic carbocycles. The van der Waals surface area contributed by atoms with E-state index in [1.165, 1.54) is 6.07 Å². The van der Waals surface area contributed by atoms with E-state index in [1.54, 1.807) is 0 Å². The van der Waals surface area contributed by atoms with Crippen LogP contribution < -0.4 is 10.6 Å². The molecule has 1 atom stereocenters. The van der Waals surface area contributed by atoms with Gasteiger partial charge >= 0.3 is 0 Å². The molecule has 1 aromatic rings. The van der Waals surface area contributed by atoms with Crippen LogP contribution in [-0.4, -0.2) is 25.0 Å². The second kappa shape index (κ2) is 7.43. The van der Waals surface area contributed by atoms with Crippen molar-refractivity contribution in [2.45, 2.75) is 18.9 Å². The monoisotopic (exact) mass is 370 g/mol. The maximum absolute atomic E-state index is 13.7. The van der Waals surface area contributed by atoms with Gasteiger partial charge in [-0.1, -0.05) is 11.6 Å². The highest BCUT2D eigenvalue weighted by Gasteiger charge is 2.19. The van der Waals surface area contributed by atoms with Crippen LogP contribution in [0.2, 0.25) is 5.02 Å². The molecule has 1 fully saturated rings. The zero-order chi connectivity index (χ0) is 13.1. The Kier molecular flexibility index (Phi) is 6.53. The van der Waals surface area contributed by atoms with Gasteiger partial charge in [0.25, 0.3) is 5.91 Å². The number of benzene rings is 1. The molecular formula is C12H14BrCl2FN2O. The summed E-state index contributed by atoms with van der Waals surface area (Å²) < 4.78 is 14.2. The summed E-state index contributed by atoms with van der Waals surface area (Å²) in [5.74, 6) is -1.01. The maximum Gasteiger partial charge on any atom is 0.254 e. The fourth-order valence-electron chi connectivity index (χ4n) is 1.93. The smallest absolute Gasteiger partial charge is 0.254 e. The van der Waals surface area contributed by atoms with Gasteiger partial charge < -0.3 is 10.6 Å². The predicted molar refractivity (Wildman–Crippen MR) is 79.7 cm³/mol. The first-order chi connectivity index (χ1) is 8.58. The zero-order valence-electron chi connectivity index (χ0n) is 10.0. The maximum atomic E-state index is 13.7. The lowest BCUT2D eigenvalue weighted by atomic mass is 10.1. The molecule has 1 aliphatic heterocycles. The molecule has 0 bridgehead atoms. The van der Waals surface area contributed by atoms with Crippen LogP contribution in [-0.2, 0) is 0 Å². The Morgan fingerprint density at radius 1 is 1.53 bits per heavy atom. The van der Waals surface area contributed by atoms with E-state index in [2.05, 4.69) is 26.6 Å². The van der Waals surface area contributed by atoms with Gasteiger partial charge in [-0.05, 0) is 47.4 Å². The minimum Gasteiger partial charge on any atom is -0.348 e. The second-order valence-corrected chi connectivity index (χ2v) is 5.52. The quantitative estimate of drug-likeness (QED) is 0.784. The predicted octanol–water partition coefficient (Wildman–Crippen LogP) is 3.15. The molecule has 1 aliphatic rings. The second-order valence-electron chi connectivity index (χ2n) is 4.26. The average Bonchev–Trinajstić information content (AvgIpc) is 2.35. The van der Waals surface area contributed by atoms with Crippen molar-refractivity contribution in [1.29, 1.82) is 0 Å². The molecule has 0 saturated carbocycles. The molecule has 7 heteroatoms. The number of carbonyl (C=O) groups excluding carboxylic acids is 1. The Bertz CT molecular complexity index is 467. The Hall–Kier alpha value is -0.360. The third-order valence-corrected chi connectivity index (χ3v) is 4.08. The molecule has 0 spiro atoms. The normalized spacial score (nSPS) is 18.6. The van der Waals surface area contributed by atoms with Crippen LogP contribution in [0, 0.1) is 5.82 Å². The topological polar surface area (TPSA) is 41.1 Å². The third-order valence-electron chi connectivity index (χ3n) is 2.89. The van der Waals surface area contributed by atoms with Crippen molar-refractivity contribution in [1.82, 2.24) is 10.6 Å². The third kappa shape index (κ3) is 4.31. The highest BCUT2D eigenvalue weighted by atomic mass is 79.9. The molecule has 1 saturated heterocycles. The van der Waals surface area contributed by atoms with E-state index in [0.717, 1.165) is 32.0 Å². The highest BCUT2D eigenvalue weighted by Crippen LogP contribution is 2.25. The molecule has 1 amide bonds. The van der Waals surface area contributed by atoms with Crippen LogP contribution in [0.1, 0.15) is 23.2 Å². The van der Waals surface area contributed by atoms with Crippen molar-refractivity contribution < 1.29 is 9.18 Å². The molecular weight excluding hydrogens is 358 g/mol. The molecule has 19 heavy (non-hydrogen) atoms. The first-order valence-corrected chi connectivity index (χ1v) is 6.91. The van der Waals surface area contributed by atoms with Crippen molar-refractivity contribution in [3.63, 3.8) is 0 Å². The SMILES string of the molecule is Cl.O=C(NC1CCCNC1)c1cc(Br)c(Cl)cc1F. The highest BCUT2D eigenvalue weighted by molar-refractivity contribution is 9.10. The van der Waals surface area contributed by atoms with Gasteiger partial charge in [0.15, 0.2) is 0 Å². The standard InChI is InChI=1S/C12H13BrClFN2O.ClH/c13-9-4-8(11(15)5-10(9)14)12(18)17-7-2-1-3-16-6-7;/h4-5,7,16H,1-3,6H2,(H,17,18);1H. The van der Waals surface area contributed by atoms with Crippen LogP contribution in [0.4, 0.5) is 4.39 Å². The van der Waals surface area contributed by atoms with Crippen LogP contribution in [0.15, 0.2) is 16.6 Å². The number of carbonyl (C=O) groups is 1. The summed E-state index contributed by atoms with van der Waals surface area (Å²) in [6.07, 6.45) is 1.92. The lowest BCUT2D eigenvalue weighted by Gasteiger charge is -2.23. The molecule has 3 nitrogen and oxygen atoms in total. The van der Waals surface area contributed by atoms with E-state index < -0.39 is 11.7 Å². The number of halogens is 4. The molecule has 0 aromatic heterocycles. The Balaban J connectivity index is 0.00000180. The fraction of sp³-hybridized carbons (Fsp3) is 0.417. The number of hydrogen-bond acceptors (Lipinski definition) is 2. The Morgan fingerprint density at radius 2 is 2.26 bits per heavy atom. The van der Waals surface area contributed by atoms with Gasteiger partial charge in [0.2, 0.25) is 0 Å². The van der Waals surface area contributed by atoms with Crippen molar-refractivity contribution in [2.24, 2.45) is 0 Å². The van der Waals surface area contributed by atoms with Gasteiger partial charge in [-0.25, -0.2) is 4.39 Å². The van der Waals surface area contributed by atoms with Crippen LogP contribution in [0.5, 0.6) is 0 Å². The summed E-state index contributed by atoms with van der Waals surface area (Å²) in [6, 6.07) is 2.60. The van der Waals surface area contributed by atoms with E-state index in [1.807, 2.05) is 0 Å². The molecule has 2 N–H and O–H groups in total. The Labute approximate surface area is 130 Å². The summed E-state index contributed by atoms with van der Waals surface area (Å²) in [7, 11) is 0. The van der Waals surface area contributed by atoms with Crippen LogP contribution in [0.25, 0.3) is 0 Å². The van der Waals surface area contributed by atoms with Gasteiger partial charge in [0.1, 0.15) is 5.82 Å². The fourth-order valence-corrected chi connectivity index (χ4v) is 2.43. The number of amides is 1. The van der Waals surface area contributed by atoms with Crippen molar-refractivity contribution in [3.8, 4) is 0 Å². The van der Waals surface area contributed by atoms with Gasteiger partial charge in [-0.15, -0.1) is 12.4 Å². The van der Waals surface area contributed by atoms with E-state index in [-0.39, 0.29) is 29.0 Å². The van der Waals surface area contributed by atoms with Gasteiger partial charge in [-0.3, -0.25) is 4.79 Å². The van der Waals surface area contributed by atoms with Crippen molar-refractivity contribution in [3.05, 3.63) is 33.0 Å². The molecule has 0 radical (unpaired) electrons. The van der Waals surface area contributed by atoms with E-state index in [4.69, 9.17) is 11.6 Å². The van der Waals surface area contributed by atoms with E-state index in [0.29, 0.717) is 4.47 Å². The van der Waals surface area contributed by atoms with Gasteiger partial charge in [0.05, 0.1) is 10.6 Å². The number of hydrogen-bond donors (Lipinski definition) is 2. The van der Waals surface area contributed by atoms with Crippen LogP contribution in [0.3, 0.4) is 0 Å². The largest absolute Gasteiger partial charge is 0.348 e. The first-order valence-electron chi connectivity index (χ1n) is 5.74. The first kappa shape index (κ1) is 16.7. The molecule has 106 valence electrons. The lowest BCUT2D eigenvalue weighted by Crippen LogP contribution is -2.45. The summed E-state index contributed by atoms with van der Waals surface area (Å²) in [5.41, 5.74) is 0.0110. The van der Waals surface area contributed by atoms with Crippen LogP contribution >= 0.6 is 39.9 Å². The zero-order valence-corrected chi connectivity index (χ0v) is 13.2. The lowest BCUT2D eigenvalue weighted by molar-refractivity contribution is 0.0926. The minimum absolute atomic E-state index is 0. The van der Waals surface area contributed by atoms with E-state index in [9.17, 15) is 9.18 Å². The molecule has 2 rings (SSSR count).